The Morgan fingerprint density at radius 2 is 1.89 bits per heavy atom. The predicted octanol–water partition coefficient (Wildman–Crippen LogP) is 4.73. The van der Waals surface area contributed by atoms with Gasteiger partial charge in [0.25, 0.3) is 5.91 Å². The van der Waals surface area contributed by atoms with Gasteiger partial charge in [-0.05, 0) is 26.3 Å². The lowest BCUT2D eigenvalue weighted by Gasteiger charge is -2.33. The van der Waals surface area contributed by atoms with Crippen LogP contribution >= 0.6 is 11.6 Å². The van der Waals surface area contributed by atoms with Crippen molar-refractivity contribution in [2.24, 2.45) is 0 Å². The van der Waals surface area contributed by atoms with Crippen molar-refractivity contribution in [1.82, 2.24) is 15.1 Å². The van der Waals surface area contributed by atoms with Crippen LogP contribution in [0.25, 0.3) is 0 Å². The summed E-state index contributed by atoms with van der Waals surface area (Å²) in [4.78, 5) is 12.4. The number of alkyl halides is 3. The third kappa shape index (κ3) is 4.05. The number of nitrogens with zero attached hydrogens (tertiary/aromatic N) is 2. The molecule has 0 saturated carbocycles. The Kier molecular flexibility index (Phi) is 4.88. The summed E-state index contributed by atoms with van der Waals surface area (Å²) >= 11 is 6.26. The number of carbonyl (C=O) groups excluding carboxylic acids is 1. The van der Waals surface area contributed by atoms with E-state index >= 15 is 0 Å². The molecule has 2 unspecified atom stereocenters. The first-order valence-electron chi connectivity index (χ1n) is 8.46. The maximum absolute atomic E-state index is 13.7. The van der Waals surface area contributed by atoms with Crippen LogP contribution in [-0.2, 0) is 0 Å². The zero-order chi connectivity index (χ0) is 20.0. The van der Waals surface area contributed by atoms with E-state index in [0.717, 1.165) is 4.68 Å². The number of rotatable bonds is 2. The molecule has 0 fully saturated rings. The van der Waals surface area contributed by atoms with Gasteiger partial charge in [-0.3, -0.25) is 4.79 Å². The van der Waals surface area contributed by atoms with E-state index in [0.29, 0.717) is 5.56 Å². The van der Waals surface area contributed by atoms with Crippen LogP contribution in [0.2, 0.25) is 5.02 Å². The van der Waals surface area contributed by atoms with E-state index in [1.807, 2.05) is 0 Å². The molecule has 9 heteroatoms. The molecular weight excluding hydrogens is 381 g/mol. The fourth-order valence-corrected chi connectivity index (χ4v) is 3.30. The van der Waals surface area contributed by atoms with Crippen molar-refractivity contribution in [1.29, 1.82) is 0 Å². The summed E-state index contributed by atoms with van der Waals surface area (Å²) in [5, 5.41) is 9.47. The third-order valence-corrected chi connectivity index (χ3v) is 4.56. The van der Waals surface area contributed by atoms with Crippen molar-refractivity contribution in [2.45, 2.75) is 51.0 Å². The molecule has 2 atom stereocenters. The van der Waals surface area contributed by atoms with E-state index in [2.05, 4.69) is 15.7 Å². The maximum Gasteiger partial charge on any atom is 0.410 e. The van der Waals surface area contributed by atoms with Crippen LogP contribution in [0, 0.1) is 0 Å². The summed E-state index contributed by atoms with van der Waals surface area (Å²) in [6.45, 7) is 5.28. The number of fused-ring (bicyclic) bond motifs is 1. The minimum Gasteiger partial charge on any atom is -0.362 e. The highest BCUT2D eigenvalue weighted by molar-refractivity contribution is 6.36. The number of hydrogen-bond donors (Lipinski definition) is 2. The van der Waals surface area contributed by atoms with E-state index in [-0.39, 0.29) is 23.0 Å². The number of halogens is 4. The van der Waals surface area contributed by atoms with Gasteiger partial charge in [0.2, 0.25) is 0 Å². The van der Waals surface area contributed by atoms with E-state index in [1.54, 1.807) is 51.1 Å². The van der Waals surface area contributed by atoms with Gasteiger partial charge in [0.1, 0.15) is 10.8 Å². The molecule has 0 saturated heterocycles. The van der Waals surface area contributed by atoms with Crippen molar-refractivity contribution in [3.63, 3.8) is 0 Å². The molecule has 2 aromatic rings. The van der Waals surface area contributed by atoms with Gasteiger partial charge in [-0.25, -0.2) is 4.68 Å². The molecule has 0 spiro atoms. The van der Waals surface area contributed by atoms with Crippen LogP contribution in [0.15, 0.2) is 30.3 Å². The molecule has 0 bridgehead atoms. The summed E-state index contributed by atoms with van der Waals surface area (Å²) in [7, 11) is 0. The van der Waals surface area contributed by atoms with E-state index < -0.39 is 29.7 Å². The summed E-state index contributed by atoms with van der Waals surface area (Å²) in [6, 6.07) is 6.33. The Labute approximate surface area is 159 Å². The highest BCUT2D eigenvalue weighted by Gasteiger charge is 2.47. The monoisotopic (exact) mass is 400 g/mol. The Morgan fingerprint density at radius 3 is 2.44 bits per heavy atom. The lowest BCUT2D eigenvalue weighted by Crippen LogP contribution is -2.41. The fraction of sp³-hybridized carbons (Fsp3) is 0.444. The van der Waals surface area contributed by atoms with Gasteiger partial charge in [-0.2, -0.15) is 18.3 Å². The van der Waals surface area contributed by atoms with Crippen LogP contribution in [0.3, 0.4) is 0 Å². The standard InChI is InChI=1S/C18H20ClF3N4O/c1-17(2,3)24-16(27)14-13(19)15-23-11(10-7-5-4-6-8-10)9-12(18(20,21)22)26(15)25-14/h4-8,11-12,23H,9H2,1-3H3,(H,24,27). The molecule has 0 aliphatic carbocycles. The van der Waals surface area contributed by atoms with E-state index in [4.69, 9.17) is 11.6 Å². The Hall–Kier alpha value is -2.22. The summed E-state index contributed by atoms with van der Waals surface area (Å²) in [5.74, 6) is -0.619. The van der Waals surface area contributed by atoms with Crippen LogP contribution in [-0.4, -0.2) is 27.4 Å². The first kappa shape index (κ1) is 19.5. The minimum atomic E-state index is -4.53. The molecule has 3 rings (SSSR count). The van der Waals surface area contributed by atoms with Gasteiger partial charge in [0.05, 0.1) is 6.04 Å². The van der Waals surface area contributed by atoms with Gasteiger partial charge in [-0.15, -0.1) is 0 Å². The summed E-state index contributed by atoms with van der Waals surface area (Å²) < 4.78 is 41.8. The van der Waals surface area contributed by atoms with Crippen molar-refractivity contribution in [3.05, 3.63) is 46.6 Å². The zero-order valence-electron chi connectivity index (χ0n) is 15.1. The number of hydrogen-bond acceptors (Lipinski definition) is 3. The molecule has 1 aliphatic heterocycles. The van der Waals surface area contributed by atoms with Crippen LogP contribution in [0.4, 0.5) is 19.0 Å². The lowest BCUT2D eigenvalue weighted by atomic mass is 9.97. The van der Waals surface area contributed by atoms with Gasteiger partial charge in [0.15, 0.2) is 11.7 Å². The normalized spacial score (nSPS) is 20.0. The summed E-state index contributed by atoms with van der Waals surface area (Å²) in [5.41, 5.74) is -0.0958. The molecule has 5 nitrogen and oxygen atoms in total. The van der Waals surface area contributed by atoms with Crippen molar-refractivity contribution in [2.75, 3.05) is 5.32 Å². The number of benzene rings is 1. The van der Waals surface area contributed by atoms with E-state index in [9.17, 15) is 18.0 Å². The molecule has 146 valence electrons. The van der Waals surface area contributed by atoms with Gasteiger partial charge in [0, 0.05) is 12.0 Å². The van der Waals surface area contributed by atoms with Crippen molar-refractivity contribution < 1.29 is 18.0 Å². The van der Waals surface area contributed by atoms with Crippen molar-refractivity contribution >= 4 is 23.3 Å². The van der Waals surface area contributed by atoms with Crippen LogP contribution < -0.4 is 10.6 Å². The van der Waals surface area contributed by atoms with Crippen LogP contribution in [0.1, 0.15) is 55.3 Å². The van der Waals surface area contributed by atoms with Gasteiger partial charge in [-0.1, -0.05) is 41.9 Å². The fourth-order valence-electron chi connectivity index (χ4n) is 3.04. The van der Waals surface area contributed by atoms with E-state index in [1.165, 1.54) is 0 Å². The maximum atomic E-state index is 13.7. The van der Waals surface area contributed by atoms with Crippen LogP contribution in [0.5, 0.6) is 0 Å². The third-order valence-electron chi connectivity index (χ3n) is 4.20. The van der Waals surface area contributed by atoms with Gasteiger partial charge >= 0.3 is 6.18 Å². The highest BCUT2D eigenvalue weighted by atomic mass is 35.5. The smallest absolute Gasteiger partial charge is 0.362 e. The largest absolute Gasteiger partial charge is 0.410 e. The summed E-state index contributed by atoms with van der Waals surface area (Å²) in [6.07, 6.45) is -4.78. The first-order valence-corrected chi connectivity index (χ1v) is 8.84. The Morgan fingerprint density at radius 1 is 1.26 bits per heavy atom. The average Bonchev–Trinajstić information content (AvgIpc) is 2.89. The average molecular weight is 401 g/mol. The Bertz CT molecular complexity index is 843. The minimum absolute atomic E-state index is 0.00171. The molecule has 1 aromatic carbocycles. The topological polar surface area (TPSA) is 59.0 Å². The molecular formula is C18H20ClF3N4O. The molecule has 0 radical (unpaired) electrons. The molecule has 1 amide bonds. The second-order valence-corrected chi connectivity index (χ2v) is 7.94. The molecule has 27 heavy (non-hydrogen) atoms. The molecule has 2 heterocycles. The predicted molar refractivity (Wildman–Crippen MR) is 97.0 cm³/mol. The number of amides is 1. The Balaban J connectivity index is 2.03. The second-order valence-electron chi connectivity index (χ2n) is 7.56. The highest BCUT2D eigenvalue weighted by Crippen LogP contribution is 2.46. The molecule has 1 aromatic heterocycles. The molecule has 1 aliphatic rings. The SMILES string of the molecule is CC(C)(C)NC(=O)c1nn2c(c1Cl)NC(c1ccccc1)CC2C(F)(F)F. The van der Waals surface area contributed by atoms with Crippen molar-refractivity contribution in [3.8, 4) is 0 Å². The second kappa shape index (κ2) is 6.74. The zero-order valence-corrected chi connectivity index (χ0v) is 15.8. The lowest BCUT2D eigenvalue weighted by molar-refractivity contribution is -0.173. The quantitative estimate of drug-likeness (QED) is 0.766. The number of nitrogens with one attached hydrogen (secondary N) is 2. The van der Waals surface area contributed by atoms with Gasteiger partial charge < -0.3 is 10.6 Å². The molecule has 2 N–H and O–H groups in total. The number of aromatic nitrogens is 2. The number of anilines is 1. The first-order chi connectivity index (χ1) is 12.5. The number of carbonyl (C=O) groups is 1.